The predicted molar refractivity (Wildman–Crippen MR) is 75.6 cm³/mol. The van der Waals surface area contributed by atoms with Crippen LogP contribution < -0.4 is 11.1 Å². The molecule has 0 aromatic heterocycles. The van der Waals surface area contributed by atoms with E-state index in [1.54, 1.807) is 0 Å². The number of piperidine rings is 1. The molecule has 2 unspecified atom stereocenters. The Hall–Kier alpha value is -1.43. The molecule has 0 aromatic rings. The molecule has 0 radical (unpaired) electrons. The summed E-state index contributed by atoms with van der Waals surface area (Å²) < 4.78 is 0. The Morgan fingerprint density at radius 1 is 1.45 bits per heavy atom. The smallest absolute Gasteiger partial charge is 0.251 e. The molecule has 0 bridgehead atoms. The van der Waals surface area contributed by atoms with Gasteiger partial charge < -0.3 is 11.1 Å². The standard InChI is InChI=1S/C14H25N3O3/c1-14(2,3)8-9(15)7-11(18)16-10-5-6-12(19)17(4)13(10)20/h9-10H,5-8,15H2,1-4H3,(H,16,18). The first-order valence-corrected chi connectivity index (χ1v) is 6.95. The second kappa shape index (κ2) is 6.35. The summed E-state index contributed by atoms with van der Waals surface area (Å²) in [5.41, 5.74) is 6.00. The summed E-state index contributed by atoms with van der Waals surface area (Å²) in [6, 6.07) is -0.833. The fourth-order valence-corrected chi connectivity index (χ4v) is 2.40. The van der Waals surface area contributed by atoms with Crippen LogP contribution in [0.2, 0.25) is 0 Å². The van der Waals surface area contributed by atoms with Crippen LogP contribution in [0.3, 0.4) is 0 Å². The monoisotopic (exact) mass is 283 g/mol. The van der Waals surface area contributed by atoms with Crippen LogP contribution in [0.5, 0.6) is 0 Å². The SMILES string of the molecule is CN1C(=O)CCC(NC(=O)CC(N)CC(C)(C)C)C1=O. The van der Waals surface area contributed by atoms with Crippen molar-refractivity contribution in [2.75, 3.05) is 7.05 Å². The minimum atomic E-state index is -0.605. The van der Waals surface area contributed by atoms with Crippen molar-refractivity contribution in [2.24, 2.45) is 11.1 Å². The first-order valence-electron chi connectivity index (χ1n) is 6.95. The number of nitrogens with zero attached hydrogens (tertiary/aromatic N) is 1. The molecule has 6 nitrogen and oxygen atoms in total. The van der Waals surface area contributed by atoms with Gasteiger partial charge in [-0.25, -0.2) is 0 Å². The first kappa shape index (κ1) is 16.6. The van der Waals surface area contributed by atoms with E-state index in [9.17, 15) is 14.4 Å². The quantitative estimate of drug-likeness (QED) is 0.731. The summed E-state index contributed by atoms with van der Waals surface area (Å²) in [6.45, 7) is 6.20. The fraction of sp³-hybridized carbons (Fsp3) is 0.786. The van der Waals surface area contributed by atoms with Gasteiger partial charge in [0.15, 0.2) is 0 Å². The van der Waals surface area contributed by atoms with Crippen LogP contribution in [-0.2, 0) is 14.4 Å². The van der Waals surface area contributed by atoms with Crippen molar-refractivity contribution in [3.63, 3.8) is 0 Å². The van der Waals surface area contributed by atoms with Crippen molar-refractivity contribution in [3.05, 3.63) is 0 Å². The van der Waals surface area contributed by atoms with E-state index in [1.165, 1.54) is 7.05 Å². The van der Waals surface area contributed by atoms with Crippen molar-refractivity contribution in [2.45, 2.75) is 58.5 Å². The van der Waals surface area contributed by atoms with Gasteiger partial charge in [0.05, 0.1) is 0 Å². The van der Waals surface area contributed by atoms with Crippen molar-refractivity contribution < 1.29 is 14.4 Å². The summed E-state index contributed by atoms with van der Waals surface area (Å²) in [7, 11) is 1.44. The van der Waals surface area contributed by atoms with Crippen LogP contribution in [0, 0.1) is 5.41 Å². The summed E-state index contributed by atoms with van der Waals surface area (Å²) in [5, 5.41) is 2.67. The Morgan fingerprint density at radius 3 is 2.60 bits per heavy atom. The first-order chi connectivity index (χ1) is 9.10. The van der Waals surface area contributed by atoms with Crippen molar-refractivity contribution in [1.82, 2.24) is 10.2 Å². The van der Waals surface area contributed by atoms with Crippen LogP contribution in [0.4, 0.5) is 0 Å². The molecule has 114 valence electrons. The number of hydrogen-bond acceptors (Lipinski definition) is 4. The highest BCUT2D eigenvalue weighted by Gasteiger charge is 2.32. The van der Waals surface area contributed by atoms with E-state index in [1.807, 2.05) is 0 Å². The third-order valence-electron chi connectivity index (χ3n) is 3.31. The summed E-state index contributed by atoms with van der Waals surface area (Å²) >= 11 is 0. The van der Waals surface area contributed by atoms with Gasteiger partial charge in [-0.2, -0.15) is 0 Å². The van der Waals surface area contributed by atoms with Crippen molar-refractivity contribution in [1.29, 1.82) is 0 Å². The molecule has 1 heterocycles. The number of rotatable bonds is 4. The van der Waals surface area contributed by atoms with Crippen LogP contribution >= 0.6 is 0 Å². The number of imide groups is 1. The summed E-state index contributed by atoms with van der Waals surface area (Å²) in [6.07, 6.45) is 1.57. The molecule has 20 heavy (non-hydrogen) atoms. The summed E-state index contributed by atoms with van der Waals surface area (Å²) in [5.74, 6) is -0.785. The Bertz CT molecular complexity index is 401. The zero-order chi connectivity index (χ0) is 15.5. The molecule has 1 rings (SSSR count). The number of likely N-dealkylation sites (tertiary alicyclic amines) is 1. The van der Waals surface area contributed by atoms with E-state index >= 15 is 0 Å². The highest BCUT2D eigenvalue weighted by molar-refractivity contribution is 6.01. The van der Waals surface area contributed by atoms with E-state index in [0.717, 1.165) is 11.3 Å². The fourth-order valence-electron chi connectivity index (χ4n) is 2.40. The molecule has 1 aliphatic rings. The van der Waals surface area contributed by atoms with Crippen LogP contribution in [0.25, 0.3) is 0 Å². The minimum Gasteiger partial charge on any atom is -0.344 e. The van der Waals surface area contributed by atoms with Gasteiger partial charge >= 0.3 is 0 Å². The molecule has 0 saturated carbocycles. The third-order valence-corrected chi connectivity index (χ3v) is 3.31. The number of nitrogens with two attached hydrogens (primary N) is 1. The van der Waals surface area contributed by atoms with Gasteiger partial charge in [-0.05, 0) is 18.3 Å². The lowest BCUT2D eigenvalue weighted by atomic mass is 9.87. The van der Waals surface area contributed by atoms with Gasteiger partial charge in [0.25, 0.3) is 5.91 Å². The molecular formula is C14H25N3O3. The maximum Gasteiger partial charge on any atom is 0.251 e. The maximum absolute atomic E-state index is 11.9. The molecule has 1 aliphatic heterocycles. The van der Waals surface area contributed by atoms with Crippen molar-refractivity contribution in [3.8, 4) is 0 Å². The third kappa shape index (κ3) is 4.92. The van der Waals surface area contributed by atoms with Gasteiger partial charge in [-0.15, -0.1) is 0 Å². The van der Waals surface area contributed by atoms with Gasteiger partial charge in [0.2, 0.25) is 11.8 Å². The molecule has 3 amide bonds. The Kier molecular flexibility index (Phi) is 5.28. The number of nitrogens with one attached hydrogen (secondary N) is 1. The zero-order valence-corrected chi connectivity index (χ0v) is 12.7. The average molecular weight is 283 g/mol. The van der Waals surface area contributed by atoms with Crippen molar-refractivity contribution >= 4 is 17.7 Å². The second-order valence-corrected chi connectivity index (χ2v) is 6.68. The lowest BCUT2D eigenvalue weighted by Crippen LogP contribution is -2.53. The molecule has 1 fully saturated rings. The van der Waals surface area contributed by atoms with Crippen LogP contribution in [0.15, 0.2) is 0 Å². The van der Waals surface area contributed by atoms with E-state index in [0.29, 0.717) is 6.42 Å². The van der Waals surface area contributed by atoms with E-state index in [-0.39, 0.29) is 42.0 Å². The largest absolute Gasteiger partial charge is 0.344 e. The average Bonchev–Trinajstić information content (AvgIpc) is 2.27. The Labute approximate surface area is 120 Å². The van der Waals surface area contributed by atoms with Crippen LogP contribution in [-0.4, -0.2) is 41.8 Å². The summed E-state index contributed by atoms with van der Waals surface area (Å²) in [4.78, 5) is 36.2. The van der Waals surface area contributed by atoms with Crippen LogP contribution in [0.1, 0.15) is 46.5 Å². The molecule has 0 aromatic carbocycles. The lowest BCUT2D eigenvalue weighted by Gasteiger charge is -2.29. The molecule has 0 spiro atoms. The van der Waals surface area contributed by atoms with Gasteiger partial charge in [0.1, 0.15) is 6.04 Å². The lowest BCUT2D eigenvalue weighted by molar-refractivity contribution is -0.149. The number of likely N-dealkylation sites (N-methyl/N-ethyl adjacent to an activating group) is 1. The highest BCUT2D eigenvalue weighted by atomic mass is 16.2. The molecule has 6 heteroatoms. The normalized spacial score (nSPS) is 21.9. The number of carbonyl (C=O) groups is 3. The molecule has 1 saturated heterocycles. The highest BCUT2D eigenvalue weighted by Crippen LogP contribution is 2.21. The van der Waals surface area contributed by atoms with Gasteiger partial charge in [-0.3, -0.25) is 19.3 Å². The maximum atomic E-state index is 11.9. The predicted octanol–water partition coefficient (Wildman–Crippen LogP) is 0.404. The van der Waals surface area contributed by atoms with E-state index < -0.39 is 6.04 Å². The Morgan fingerprint density at radius 2 is 2.05 bits per heavy atom. The zero-order valence-electron chi connectivity index (χ0n) is 12.7. The number of hydrogen-bond donors (Lipinski definition) is 2. The Balaban J connectivity index is 2.46. The molecule has 0 aliphatic carbocycles. The second-order valence-electron chi connectivity index (χ2n) is 6.68. The number of amides is 3. The van der Waals surface area contributed by atoms with Gasteiger partial charge in [-0.1, -0.05) is 20.8 Å². The number of carbonyl (C=O) groups excluding carboxylic acids is 3. The van der Waals surface area contributed by atoms with Gasteiger partial charge in [0, 0.05) is 25.9 Å². The van der Waals surface area contributed by atoms with E-state index in [4.69, 9.17) is 5.73 Å². The molecular weight excluding hydrogens is 258 g/mol. The minimum absolute atomic E-state index is 0.0625. The molecule has 2 atom stereocenters. The molecule has 3 N–H and O–H groups in total. The topological polar surface area (TPSA) is 92.5 Å². The van der Waals surface area contributed by atoms with E-state index in [2.05, 4.69) is 26.1 Å².